The zero-order chi connectivity index (χ0) is 21.9. The normalized spacial score (nSPS) is 23.2. The molecular weight excluding hydrogens is 400 g/mol. The largest absolute Gasteiger partial charge is 0.342 e. The lowest BCUT2D eigenvalue weighted by Gasteiger charge is -2.38. The Bertz CT molecular complexity index is 971. The molecule has 2 amide bonds. The van der Waals surface area contributed by atoms with Gasteiger partial charge in [-0.3, -0.25) is 19.5 Å². The molecule has 2 atom stereocenters. The van der Waals surface area contributed by atoms with Crippen molar-refractivity contribution in [3.63, 3.8) is 0 Å². The van der Waals surface area contributed by atoms with Crippen LogP contribution in [0.25, 0.3) is 0 Å². The van der Waals surface area contributed by atoms with E-state index < -0.39 is 0 Å². The SMILES string of the molecule is O=C(Nc1ccc2c(c1)CCC2)[C@@H]1C[C@H](C(=O)N2CCCC2)CN(Cc2ccncc2)C1. The first-order valence-electron chi connectivity index (χ1n) is 12.0. The van der Waals surface area contributed by atoms with Crippen LogP contribution in [-0.2, 0) is 29.0 Å². The van der Waals surface area contributed by atoms with Gasteiger partial charge < -0.3 is 10.2 Å². The number of hydrogen-bond donors (Lipinski definition) is 1. The van der Waals surface area contributed by atoms with Crippen LogP contribution in [0.3, 0.4) is 0 Å². The molecule has 0 saturated carbocycles. The Labute approximate surface area is 190 Å². The van der Waals surface area contributed by atoms with E-state index in [1.165, 1.54) is 17.5 Å². The summed E-state index contributed by atoms with van der Waals surface area (Å²) in [7, 11) is 0. The number of carbonyl (C=O) groups is 2. The zero-order valence-electron chi connectivity index (χ0n) is 18.6. The number of rotatable bonds is 5. The summed E-state index contributed by atoms with van der Waals surface area (Å²) >= 11 is 0. The molecule has 2 aliphatic heterocycles. The molecule has 1 aromatic carbocycles. The van der Waals surface area contributed by atoms with Gasteiger partial charge in [-0.1, -0.05) is 6.07 Å². The number of piperidine rings is 1. The van der Waals surface area contributed by atoms with Crippen molar-refractivity contribution in [2.75, 3.05) is 31.5 Å². The number of fused-ring (bicyclic) bond motifs is 1. The van der Waals surface area contributed by atoms with E-state index in [1.54, 1.807) is 12.4 Å². The number of amides is 2. The Morgan fingerprint density at radius 3 is 2.50 bits per heavy atom. The van der Waals surface area contributed by atoms with Crippen LogP contribution in [-0.4, -0.2) is 52.8 Å². The summed E-state index contributed by atoms with van der Waals surface area (Å²) in [6.07, 6.45) is 9.81. The van der Waals surface area contributed by atoms with Crippen LogP contribution < -0.4 is 5.32 Å². The van der Waals surface area contributed by atoms with Crippen molar-refractivity contribution in [2.45, 2.75) is 45.1 Å². The molecule has 0 unspecified atom stereocenters. The van der Waals surface area contributed by atoms with Crippen LogP contribution in [0.4, 0.5) is 5.69 Å². The van der Waals surface area contributed by atoms with Crippen molar-refractivity contribution in [1.82, 2.24) is 14.8 Å². The number of likely N-dealkylation sites (tertiary alicyclic amines) is 2. The fourth-order valence-electron chi connectivity index (χ4n) is 5.52. The van der Waals surface area contributed by atoms with Gasteiger partial charge in [-0.05, 0) is 79.5 Å². The summed E-state index contributed by atoms with van der Waals surface area (Å²) in [6.45, 7) is 3.81. The van der Waals surface area contributed by atoms with Crippen LogP contribution in [0.2, 0.25) is 0 Å². The summed E-state index contributed by atoms with van der Waals surface area (Å²) in [5.41, 5.74) is 4.80. The van der Waals surface area contributed by atoms with Gasteiger partial charge in [0.15, 0.2) is 0 Å². The van der Waals surface area contributed by atoms with E-state index in [1.807, 2.05) is 23.1 Å². The van der Waals surface area contributed by atoms with E-state index in [9.17, 15) is 9.59 Å². The summed E-state index contributed by atoms with van der Waals surface area (Å²) in [5, 5.41) is 3.15. The number of nitrogens with zero attached hydrogens (tertiary/aromatic N) is 3. The van der Waals surface area contributed by atoms with Gasteiger partial charge in [0.05, 0.1) is 11.8 Å². The van der Waals surface area contributed by atoms with E-state index in [-0.39, 0.29) is 23.7 Å². The highest BCUT2D eigenvalue weighted by Gasteiger charge is 2.37. The number of pyridine rings is 1. The lowest BCUT2D eigenvalue weighted by molar-refractivity contribution is -0.138. The van der Waals surface area contributed by atoms with Crippen LogP contribution in [0.15, 0.2) is 42.7 Å². The topological polar surface area (TPSA) is 65.5 Å². The fourth-order valence-corrected chi connectivity index (χ4v) is 5.52. The molecule has 6 heteroatoms. The monoisotopic (exact) mass is 432 g/mol. The molecule has 2 aromatic rings. The highest BCUT2D eigenvalue weighted by atomic mass is 16.2. The predicted molar refractivity (Wildman–Crippen MR) is 124 cm³/mol. The third-order valence-corrected chi connectivity index (χ3v) is 7.19. The lowest BCUT2D eigenvalue weighted by Crippen LogP contribution is -2.49. The van der Waals surface area contributed by atoms with E-state index in [2.05, 4.69) is 27.3 Å². The molecule has 0 bridgehead atoms. The molecule has 32 heavy (non-hydrogen) atoms. The summed E-state index contributed by atoms with van der Waals surface area (Å²) in [5.74, 6) is -0.0753. The van der Waals surface area contributed by atoms with Gasteiger partial charge in [-0.2, -0.15) is 0 Å². The minimum Gasteiger partial charge on any atom is -0.342 e. The van der Waals surface area contributed by atoms with Gasteiger partial charge in [0, 0.05) is 50.8 Å². The van der Waals surface area contributed by atoms with Crippen LogP contribution in [0, 0.1) is 11.8 Å². The van der Waals surface area contributed by atoms with Gasteiger partial charge in [0.25, 0.3) is 0 Å². The van der Waals surface area contributed by atoms with Crippen molar-refractivity contribution < 1.29 is 9.59 Å². The van der Waals surface area contributed by atoms with E-state index in [0.29, 0.717) is 19.5 Å². The van der Waals surface area contributed by atoms with E-state index in [4.69, 9.17) is 0 Å². The Kier molecular flexibility index (Phi) is 6.21. The molecule has 168 valence electrons. The molecule has 2 saturated heterocycles. The third kappa shape index (κ3) is 4.70. The molecule has 5 rings (SSSR count). The van der Waals surface area contributed by atoms with Gasteiger partial charge in [0.1, 0.15) is 0 Å². The van der Waals surface area contributed by atoms with Gasteiger partial charge in [0.2, 0.25) is 11.8 Å². The van der Waals surface area contributed by atoms with Gasteiger partial charge in [-0.15, -0.1) is 0 Å². The lowest BCUT2D eigenvalue weighted by atomic mass is 9.87. The summed E-state index contributed by atoms with van der Waals surface area (Å²) < 4.78 is 0. The minimum atomic E-state index is -0.199. The van der Waals surface area contributed by atoms with Crippen molar-refractivity contribution >= 4 is 17.5 Å². The smallest absolute Gasteiger partial charge is 0.228 e. The molecule has 0 radical (unpaired) electrons. The molecule has 1 N–H and O–H groups in total. The van der Waals surface area contributed by atoms with Crippen molar-refractivity contribution in [2.24, 2.45) is 11.8 Å². The fraction of sp³-hybridized carbons (Fsp3) is 0.500. The molecule has 3 aliphatic rings. The Balaban J connectivity index is 1.31. The first kappa shape index (κ1) is 21.1. The molecule has 0 spiro atoms. The number of benzene rings is 1. The maximum atomic E-state index is 13.3. The molecule has 2 fully saturated rings. The number of aromatic nitrogens is 1. The van der Waals surface area contributed by atoms with Crippen LogP contribution in [0.5, 0.6) is 0 Å². The standard InChI is InChI=1S/C26H32N4O2/c31-25(28-24-7-6-20-4-3-5-21(20)15-24)22-14-23(26(32)30-12-1-2-13-30)18-29(17-22)16-19-8-10-27-11-9-19/h6-11,15,22-23H,1-5,12-14,16-18H2,(H,28,31)/t22-,23+/m1/s1. The van der Waals surface area contributed by atoms with Crippen molar-refractivity contribution in [1.29, 1.82) is 0 Å². The van der Waals surface area contributed by atoms with E-state index >= 15 is 0 Å². The predicted octanol–water partition coefficient (Wildman–Crippen LogP) is 3.27. The number of nitrogens with one attached hydrogen (secondary N) is 1. The second-order valence-corrected chi connectivity index (χ2v) is 9.54. The van der Waals surface area contributed by atoms with Gasteiger partial charge >= 0.3 is 0 Å². The molecule has 1 aliphatic carbocycles. The van der Waals surface area contributed by atoms with Crippen molar-refractivity contribution in [3.8, 4) is 0 Å². The number of carbonyl (C=O) groups excluding carboxylic acids is 2. The minimum absolute atomic E-state index is 0.0293. The quantitative estimate of drug-likeness (QED) is 0.788. The highest BCUT2D eigenvalue weighted by Crippen LogP contribution is 2.29. The number of aryl methyl sites for hydroxylation is 2. The Morgan fingerprint density at radius 2 is 1.69 bits per heavy atom. The third-order valence-electron chi connectivity index (χ3n) is 7.19. The second-order valence-electron chi connectivity index (χ2n) is 9.54. The second kappa shape index (κ2) is 9.41. The molecule has 3 heterocycles. The first-order chi connectivity index (χ1) is 15.7. The molecule has 1 aromatic heterocycles. The Hall–Kier alpha value is -2.73. The van der Waals surface area contributed by atoms with Gasteiger partial charge in [-0.25, -0.2) is 0 Å². The van der Waals surface area contributed by atoms with E-state index in [0.717, 1.165) is 56.6 Å². The zero-order valence-corrected chi connectivity index (χ0v) is 18.6. The Morgan fingerprint density at radius 1 is 0.938 bits per heavy atom. The summed E-state index contributed by atoms with van der Waals surface area (Å²) in [6, 6.07) is 10.3. The number of anilines is 1. The first-order valence-corrected chi connectivity index (χ1v) is 12.0. The number of hydrogen-bond acceptors (Lipinski definition) is 4. The molecular formula is C26H32N4O2. The maximum Gasteiger partial charge on any atom is 0.228 e. The van der Waals surface area contributed by atoms with Crippen molar-refractivity contribution in [3.05, 3.63) is 59.4 Å². The average molecular weight is 433 g/mol. The summed E-state index contributed by atoms with van der Waals surface area (Å²) in [4.78, 5) is 34.9. The molecule has 6 nitrogen and oxygen atoms in total. The highest BCUT2D eigenvalue weighted by molar-refractivity contribution is 5.93. The maximum absolute atomic E-state index is 13.3. The van der Waals surface area contributed by atoms with Crippen LogP contribution >= 0.6 is 0 Å². The van der Waals surface area contributed by atoms with Crippen LogP contribution in [0.1, 0.15) is 42.4 Å². The average Bonchev–Trinajstić information content (AvgIpc) is 3.51.